The van der Waals surface area contributed by atoms with Crippen LogP contribution in [0.3, 0.4) is 0 Å². The van der Waals surface area contributed by atoms with Gasteiger partial charge in [0.2, 0.25) is 0 Å². The summed E-state index contributed by atoms with van der Waals surface area (Å²) >= 11 is 0. The molecule has 0 aromatic heterocycles. The molecule has 2 atom stereocenters. The molecular weight excluding hydrogens is 294 g/mol. The molecule has 0 bridgehead atoms. The molecule has 3 N–H and O–H groups in total. The van der Waals surface area contributed by atoms with Crippen LogP contribution in [0.5, 0.6) is 0 Å². The van der Waals surface area contributed by atoms with Gasteiger partial charge in [0.1, 0.15) is 0 Å². The van der Waals surface area contributed by atoms with E-state index in [-0.39, 0.29) is 30.2 Å². The zero-order chi connectivity index (χ0) is 17.4. The Labute approximate surface area is 137 Å². The predicted octanol–water partition coefficient (Wildman–Crippen LogP) is 0.257. The van der Waals surface area contributed by atoms with Crippen molar-refractivity contribution in [2.45, 2.75) is 33.7 Å². The number of hydrogen-bond donors (Lipinski definition) is 3. The molecule has 0 heterocycles. The van der Waals surface area contributed by atoms with Gasteiger partial charge in [-0.05, 0) is 39.8 Å². The molecule has 0 aliphatic carbocycles. The molecule has 0 saturated carbocycles. The average Bonchev–Trinajstić information content (AvgIpc) is 2.52. The smallest absolute Gasteiger partial charge is 0.282 e. The van der Waals surface area contributed by atoms with Crippen molar-refractivity contribution in [3.63, 3.8) is 0 Å². The Bertz CT molecular complexity index is 572. The maximum atomic E-state index is 12.4. The van der Waals surface area contributed by atoms with Gasteiger partial charge in [-0.3, -0.25) is 14.4 Å². The van der Waals surface area contributed by atoms with Crippen LogP contribution in [-0.2, 0) is 9.59 Å². The highest BCUT2D eigenvalue weighted by molar-refractivity contribution is 5.98. The van der Waals surface area contributed by atoms with E-state index in [0.29, 0.717) is 24.3 Å². The van der Waals surface area contributed by atoms with Crippen LogP contribution < -0.4 is 15.5 Å². The molecule has 6 nitrogen and oxygen atoms in total. The van der Waals surface area contributed by atoms with E-state index in [9.17, 15) is 14.4 Å². The van der Waals surface area contributed by atoms with Crippen molar-refractivity contribution in [1.82, 2.24) is 5.32 Å². The fourth-order valence-corrected chi connectivity index (χ4v) is 2.30. The van der Waals surface area contributed by atoms with Crippen molar-refractivity contribution < 1.29 is 19.3 Å². The van der Waals surface area contributed by atoms with Gasteiger partial charge in [-0.25, -0.2) is 0 Å². The van der Waals surface area contributed by atoms with Crippen molar-refractivity contribution in [3.8, 4) is 0 Å². The Morgan fingerprint density at radius 3 is 2.48 bits per heavy atom. The van der Waals surface area contributed by atoms with Crippen LogP contribution in [0.4, 0.5) is 5.69 Å². The van der Waals surface area contributed by atoms with Crippen LogP contribution in [0.15, 0.2) is 24.3 Å². The lowest BCUT2D eigenvalue weighted by Crippen LogP contribution is -3.17. The molecule has 0 aliphatic heterocycles. The molecule has 0 radical (unpaired) electrons. The zero-order valence-electron chi connectivity index (χ0n) is 14.2. The molecule has 0 fully saturated rings. The SMILES string of the molecule is CCNC(=O)C[NH+](CC)[C@H](C)C(=O)Nc1cccc(C(C)=O)c1. The third-order valence-corrected chi connectivity index (χ3v) is 3.76. The Morgan fingerprint density at radius 2 is 1.91 bits per heavy atom. The molecule has 0 spiro atoms. The number of likely N-dealkylation sites (N-methyl/N-ethyl adjacent to an activating group) is 2. The van der Waals surface area contributed by atoms with Gasteiger partial charge in [0, 0.05) is 17.8 Å². The third kappa shape index (κ3) is 5.83. The highest BCUT2D eigenvalue weighted by atomic mass is 16.2. The van der Waals surface area contributed by atoms with Crippen LogP contribution in [0.1, 0.15) is 38.1 Å². The molecule has 0 aliphatic rings. The van der Waals surface area contributed by atoms with Gasteiger partial charge in [0.25, 0.3) is 11.8 Å². The van der Waals surface area contributed by atoms with E-state index in [4.69, 9.17) is 0 Å². The van der Waals surface area contributed by atoms with E-state index >= 15 is 0 Å². The molecule has 0 saturated heterocycles. The number of amides is 2. The lowest BCUT2D eigenvalue weighted by molar-refractivity contribution is -0.904. The lowest BCUT2D eigenvalue weighted by Gasteiger charge is -2.23. The number of rotatable bonds is 8. The molecule has 6 heteroatoms. The van der Waals surface area contributed by atoms with Crippen LogP contribution in [-0.4, -0.2) is 43.3 Å². The first-order valence-electron chi connectivity index (χ1n) is 7.92. The van der Waals surface area contributed by atoms with Gasteiger partial charge < -0.3 is 15.5 Å². The molecule has 1 aromatic carbocycles. The quantitative estimate of drug-likeness (QED) is 0.601. The second-order valence-corrected chi connectivity index (χ2v) is 5.49. The number of hydrogen-bond acceptors (Lipinski definition) is 3. The second-order valence-electron chi connectivity index (χ2n) is 5.49. The minimum atomic E-state index is -0.372. The molecule has 1 rings (SSSR count). The summed E-state index contributed by atoms with van der Waals surface area (Å²) in [5.41, 5.74) is 1.14. The zero-order valence-corrected chi connectivity index (χ0v) is 14.2. The Morgan fingerprint density at radius 1 is 1.22 bits per heavy atom. The van der Waals surface area contributed by atoms with Crippen molar-refractivity contribution in [1.29, 1.82) is 0 Å². The summed E-state index contributed by atoms with van der Waals surface area (Å²) in [6.45, 7) is 8.58. The highest BCUT2D eigenvalue weighted by Gasteiger charge is 2.25. The fourth-order valence-electron chi connectivity index (χ4n) is 2.30. The van der Waals surface area contributed by atoms with Gasteiger partial charge in [0.15, 0.2) is 18.4 Å². The summed E-state index contributed by atoms with van der Waals surface area (Å²) in [6.07, 6.45) is 0. The second kappa shape index (κ2) is 9.05. The maximum Gasteiger partial charge on any atom is 0.282 e. The third-order valence-electron chi connectivity index (χ3n) is 3.76. The summed E-state index contributed by atoms with van der Waals surface area (Å²) in [4.78, 5) is 36.4. The topological polar surface area (TPSA) is 79.7 Å². The summed E-state index contributed by atoms with van der Waals surface area (Å²) in [5.74, 6) is -0.291. The largest absolute Gasteiger partial charge is 0.351 e. The summed E-state index contributed by atoms with van der Waals surface area (Å²) in [6, 6.07) is 6.47. The van der Waals surface area contributed by atoms with E-state index in [2.05, 4.69) is 10.6 Å². The lowest BCUT2D eigenvalue weighted by atomic mass is 10.1. The number of benzene rings is 1. The van der Waals surface area contributed by atoms with Crippen LogP contribution in [0, 0.1) is 0 Å². The predicted molar refractivity (Wildman–Crippen MR) is 89.6 cm³/mol. The Hall–Kier alpha value is -2.21. The van der Waals surface area contributed by atoms with Crippen molar-refractivity contribution in [2.24, 2.45) is 0 Å². The van der Waals surface area contributed by atoms with Crippen LogP contribution in [0.25, 0.3) is 0 Å². The summed E-state index contributed by atoms with van der Waals surface area (Å²) in [5, 5.41) is 5.56. The van der Waals surface area contributed by atoms with E-state index in [1.807, 2.05) is 13.8 Å². The molecule has 23 heavy (non-hydrogen) atoms. The number of ketones is 1. The molecule has 126 valence electrons. The normalized spacial score (nSPS) is 13.0. The van der Waals surface area contributed by atoms with Crippen molar-refractivity contribution >= 4 is 23.3 Å². The number of nitrogens with one attached hydrogen (secondary N) is 3. The first kappa shape index (κ1) is 18.8. The van der Waals surface area contributed by atoms with Gasteiger partial charge in [-0.15, -0.1) is 0 Å². The van der Waals surface area contributed by atoms with E-state index < -0.39 is 0 Å². The first-order valence-corrected chi connectivity index (χ1v) is 7.92. The maximum absolute atomic E-state index is 12.4. The van der Waals surface area contributed by atoms with Crippen molar-refractivity contribution in [3.05, 3.63) is 29.8 Å². The minimum absolute atomic E-state index is 0.0498. The Kier molecular flexibility index (Phi) is 7.41. The van der Waals surface area contributed by atoms with Crippen LogP contribution in [0.2, 0.25) is 0 Å². The molecule has 1 aromatic rings. The van der Waals surface area contributed by atoms with Gasteiger partial charge in [0.05, 0.1) is 6.54 Å². The van der Waals surface area contributed by atoms with E-state index in [1.54, 1.807) is 31.2 Å². The standard InChI is InChI=1S/C17H25N3O3/c1-5-18-16(22)11-20(6-2)12(3)17(23)19-15-9-7-8-14(10-15)13(4)21/h7-10,12H,5-6,11H2,1-4H3,(H,18,22)(H,19,23)/p+1/t12-/m1/s1. The number of anilines is 1. The van der Waals surface area contributed by atoms with Gasteiger partial charge >= 0.3 is 0 Å². The average molecular weight is 320 g/mol. The number of quaternary nitrogens is 1. The number of carbonyl (C=O) groups excluding carboxylic acids is 3. The molecule has 1 unspecified atom stereocenters. The molecule has 2 amide bonds. The number of Topliss-reactive ketones (excluding diaryl/α,β-unsaturated/α-hetero) is 1. The Balaban J connectivity index is 2.73. The van der Waals surface area contributed by atoms with E-state index in [1.165, 1.54) is 6.92 Å². The number of carbonyl (C=O) groups is 3. The summed E-state index contributed by atoms with van der Waals surface area (Å²) < 4.78 is 0. The first-order chi connectivity index (χ1) is 10.9. The molecular formula is C17H26N3O3+. The van der Waals surface area contributed by atoms with E-state index in [0.717, 1.165) is 4.90 Å². The highest BCUT2D eigenvalue weighted by Crippen LogP contribution is 2.11. The monoisotopic (exact) mass is 320 g/mol. The van der Waals surface area contributed by atoms with Crippen LogP contribution >= 0.6 is 0 Å². The fraction of sp³-hybridized carbons (Fsp3) is 0.471. The minimum Gasteiger partial charge on any atom is -0.351 e. The van der Waals surface area contributed by atoms with Gasteiger partial charge in [-0.2, -0.15) is 0 Å². The van der Waals surface area contributed by atoms with Gasteiger partial charge in [-0.1, -0.05) is 12.1 Å². The van der Waals surface area contributed by atoms with Crippen molar-refractivity contribution in [2.75, 3.05) is 25.0 Å². The summed E-state index contributed by atoms with van der Waals surface area (Å²) in [7, 11) is 0.